The zero-order chi connectivity index (χ0) is 15.4. The Kier molecular flexibility index (Phi) is 4.59. The molecule has 2 aromatic rings. The van der Waals surface area contributed by atoms with Gasteiger partial charge in [-0.25, -0.2) is 4.79 Å². The van der Waals surface area contributed by atoms with E-state index in [2.05, 4.69) is 10.1 Å². The monoisotopic (exact) mass is 307 g/mol. The summed E-state index contributed by atoms with van der Waals surface area (Å²) < 4.78 is 6.09. The third-order valence-electron chi connectivity index (χ3n) is 2.73. The zero-order valence-corrected chi connectivity index (χ0v) is 12.3. The highest BCUT2D eigenvalue weighted by Gasteiger charge is 2.12. The number of ether oxygens (including phenoxy) is 1. The van der Waals surface area contributed by atoms with Gasteiger partial charge in [0, 0.05) is 12.8 Å². The smallest absolute Gasteiger partial charge is 0.339 e. The molecule has 0 saturated carbocycles. The molecule has 110 valence electrons. The maximum Gasteiger partial charge on any atom is 0.339 e. The molecular formula is C13H13N3O4S. The highest BCUT2D eigenvalue weighted by atomic mass is 32.2. The van der Waals surface area contributed by atoms with Crippen LogP contribution in [-0.4, -0.2) is 27.8 Å². The van der Waals surface area contributed by atoms with E-state index in [-0.39, 0.29) is 0 Å². The highest BCUT2D eigenvalue weighted by Crippen LogP contribution is 2.21. The van der Waals surface area contributed by atoms with Crippen molar-refractivity contribution in [1.29, 1.82) is 0 Å². The molecule has 2 rings (SSSR count). The number of thioether (sulfide) groups is 1. The Morgan fingerprint density at radius 3 is 2.81 bits per heavy atom. The third kappa shape index (κ3) is 3.40. The molecule has 1 heterocycles. The minimum atomic E-state index is -0.836. The highest BCUT2D eigenvalue weighted by molar-refractivity contribution is 7.98. The second-order valence-electron chi connectivity index (χ2n) is 4.14. The van der Waals surface area contributed by atoms with Crippen molar-refractivity contribution < 1.29 is 9.53 Å². The molecule has 0 saturated heterocycles. The Morgan fingerprint density at radius 1 is 1.38 bits per heavy atom. The summed E-state index contributed by atoms with van der Waals surface area (Å²) in [5.41, 5.74) is -0.384. The standard InChI is InChI=1S/C13H13N3O4S/c1-16-13(14-10(17)11(18)15-16)21-7-8-5-3-4-6-9(8)12(19)20-2/h3-6H,7H2,1-2H3,(H,15,18). The van der Waals surface area contributed by atoms with Crippen molar-refractivity contribution in [2.75, 3.05) is 7.11 Å². The lowest BCUT2D eigenvalue weighted by Gasteiger charge is -2.08. The fraction of sp³-hybridized carbons (Fsp3) is 0.231. The van der Waals surface area contributed by atoms with Gasteiger partial charge in [-0.15, -0.1) is 0 Å². The number of carbonyl (C=O) groups is 1. The maximum atomic E-state index is 11.7. The van der Waals surface area contributed by atoms with Crippen molar-refractivity contribution in [3.8, 4) is 0 Å². The van der Waals surface area contributed by atoms with Gasteiger partial charge in [-0.1, -0.05) is 30.0 Å². The number of aromatic amines is 1. The van der Waals surface area contributed by atoms with Crippen LogP contribution in [0.3, 0.4) is 0 Å². The normalized spacial score (nSPS) is 10.4. The maximum absolute atomic E-state index is 11.7. The molecular weight excluding hydrogens is 294 g/mol. The first-order valence-electron chi connectivity index (χ1n) is 5.99. The van der Waals surface area contributed by atoms with Crippen molar-refractivity contribution in [2.45, 2.75) is 10.9 Å². The van der Waals surface area contributed by atoms with Gasteiger partial charge < -0.3 is 4.74 Å². The summed E-state index contributed by atoms with van der Waals surface area (Å²) in [6.07, 6.45) is 0. The van der Waals surface area contributed by atoms with Gasteiger partial charge in [0.25, 0.3) is 0 Å². The third-order valence-corrected chi connectivity index (χ3v) is 3.81. The first kappa shape index (κ1) is 15.0. The molecule has 0 bridgehead atoms. The second-order valence-corrected chi connectivity index (χ2v) is 5.08. The molecule has 1 aromatic carbocycles. The predicted molar refractivity (Wildman–Crippen MR) is 77.4 cm³/mol. The molecule has 1 aromatic heterocycles. The van der Waals surface area contributed by atoms with E-state index in [0.717, 1.165) is 5.56 Å². The minimum Gasteiger partial charge on any atom is -0.465 e. The number of H-pyrrole nitrogens is 1. The van der Waals surface area contributed by atoms with Gasteiger partial charge in [0.15, 0.2) is 5.16 Å². The number of nitrogens with one attached hydrogen (secondary N) is 1. The summed E-state index contributed by atoms with van der Waals surface area (Å²) in [5.74, 6) is -0.00746. The fourth-order valence-electron chi connectivity index (χ4n) is 1.69. The first-order valence-corrected chi connectivity index (χ1v) is 6.98. The van der Waals surface area contributed by atoms with Gasteiger partial charge in [-0.05, 0) is 11.6 Å². The number of aromatic nitrogens is 3. The van der Waals surface area contributed by atoms with Crippen molar-refractivity contribution in [3.63, 3.8) is 0 Å². The summed E-state index contributed by atoms with van der Waals surface area (Å²) in [4.78, 5) is 37.7. The van der Waals surface area contributed by atoms with E-state index in [1.807, 2.05) is 6.07 Å². The Morgan fingerprint density at radius 2 is 2.10 bits per heavy atom. The molecule has 0 atom stereocenters. The number of benzene rings is 1. The van der Waals surface area contributed by atoms with Gasteiger partial charge in [-0.2, -0.15) is 4.98 Å². The van der Waals surface area contributed by atoms with Gasteiger partial charge in [0.2, 0.25) is 0 Å². The number of rotatable bonds is 4. The predicted octanol–water partition coefficient (Wildman–Crippen LogP) is 0.547. The fourth-order valence-corrected chi connectivity index (χ4v) is 2.61. The molecule has 0 aliphatic carbocycles. The lowest BCUT2D eigenvalue weighted by atomic mass is 10.1. The molecule has 0 unspecified atom stereocenters. The lowest BCUT2D eigenvalue weighted by molar-refractivity contribution is 0.0600. The molecule has 0 aliphatic rings. The Labute approximate surface area is 124 Å². The van der Waals surface area contributed by atoms with E-state index in [9.17, 15) is 14.4 Å². The lowest BCUT2D eigenvalue weighted by Crippen LogP contribution is -2.33. The van der Waals surface area contributed by atoms with E-state index < -0.39 is 17.1 Å². The summed E-state index contributed by atoms with van der Waals surface area (Å²) in [6.45, 7) is 0. The van der Waals surface area contributed by atoms with Gasteiger partial charge in [0.05, 0.1) is 12.7 Å². The molecule has 0 aliphatic heterocycles. The number of methoxy groups -OCH3 is 1. The molecule has 0 amide bonds. The molecule has 1 N–H and O–H groups in total. The number of carbonyl (C=O) groups excluding carboxylic acids is 1. The van der Waals surface area contributed by atoms with Crippen LogP contribution in [0, 0.1) is 0 Å². The number of esters is 1. The largest absolute Gasteiger partial charge is 0.465 e. The quantitative estimate of drug-likeness (QED) is 0.503. The van der Waals surface area contributed by atoms with Crippen molar-refractivity contribution in [2.24, 2.45) is 7.05 Å². The average molecular weight is 307 g/mol. The molecule has 0 radical (unpaired) electrons. The van der Waals surface area contributed by atoms with E-state index in [0.29, 0.717) is 16.5 Å². The SMILES string of the molecule is COC(=O)c1ccccc1CSc1nc(=O)c(=O)[nH]n1C. The van der Waals surface area contributed by atoms with Crippen LogP contribution in [0.15, 0.2) is 39.0 Å². The summed E-state index contributed by atoms with van der Waals surface area (Å²) in [7, 11) is 2.90. The topological polar surface area (TPSA) is 94.1 Å². The number of hydrogen-bond acceptors (Lipinski definition) is 6. The van der Waals surface area contributed by atoms with Gasteiger partial charge in [-0.3, -0.25) is 19.4 Å². The van der Waals surface area contributed by atoms with Crippen molar-refractivity contribution >= 4 is 17.7 Å². The molecule has 21 heavy (non-hydrogen) atoms. The zero-order valence-electron chi connectivity index (χ0n) is 11.5. The van der Waals surface area contributed by atoms with E-state index in [1.165, 1.54) is 23.6 Å². The van der Waals surface area contributed by atoms with Gasteiger partial charge >= 0.3 is 17.1 Å². The van der Waals surface area contributed by atoms with Crippen LogP contribution in [0.4, 0.5) is 0 Å². The molecule has 8 heteroatoms. The van der Waals surface area contributed by atoms with Crippen LogP contribution in [0.1, 0.15) is 15.9 Å². The first-order chi connectivity index (χ1) is 10.0. The Hall–Kier alpha value is -2.35. The van der Waals surface area contributed by atoms with Crippen molar-refractivity contribution in [1.82, 2.24) is 14.8 Å². The van der Waals surface area contributed by atoms with E-state index in [1.54, 1.807) is 25.2 Å². The molecule has 7 nitrogen and oxygen atoms in total. The summed E-state index contributed by atoms with van der Waals surface area (Å²) in [5, 5.41) is 2.73. The van der Waals surface area contributed by atoms with Crippen LogP contribution >= 0.6 is 11.8 Å². The summed E-state index contributed by atoms with van der Waals surface area (Å²) in [6, 6.07) is 7.01. The number of nitrogens with zero attached hydrogens (tertiary/aromatic N) is 2. The Balaban J connectivity index is 2.25. The van der Waals surface area contributed by atoms with Crippen LogP contribution in [-0.2, 0) is 17.5 Å². The summed E-state index contributed by atoms with van der Waals surface area (Å²) >= 11 is 1.24. The number of hydrogen-bond donors (Lipinski definition) is 1. The van der Waals surface area contributed by atoms with E-state index >= 15 is 0 Å². The van der Waals surface area contributed by atoms with Crippen LogP contribution < -0.4 is 11.1 Å². The molecule has 0 spiro atoms. The van der Waals surface area contributed by atoms with E-state index in [4.69, 9.17) is 4.74 Å². The van der Waals surface area contributed by atoms with Crippen LogP contribution in [0.25, 0.3) is 0 Å². The molecule has 0 fully saturated rings. The Bertz CT molecular complexity index is 781. The minimum absolute atomic E-state index is 0.360. The average Bonchev–Trinajstić information content (AvgIpc) is 2.49. The second kappa shape index (κ2) is 6.40. The van der Waals surface area contributed by atoms with Crippen molar-refractivity contribution in [3.05, 3.63) is 56.1 Å². The van der Waals surface area contributed by atoms with Gasteiger partial charge in [0.1, 0.15) is 0 Å². The number of aryl methyl sites for hydroxylation is 1. The van der Waals surface area contributed by atoms with Crippen LogP contribution in [0.5, 0.6) is 0 Å². The van der Waals surface area contributed by atoms with Crippen LogP contribution in [0.2, 0.25) is 0 Å².